The second-order valence-corrected chi connectivity index (χ2v) is 6.64. The van der Waals surface area contributed by atoms with E-state index in [0.717, 1.165) is 6.08 Å². The summed E-state index contributed by atoms with van der Waals surface area (Å²) in [5.74, 6) is -0.781. The highest BCUT2D eigenvalue weighted by atomic mass is 35.5. The molecule has 1 aromatic rings. The Balaban J connectivity index is 2.10. The molecule has 0 spiro atoms. The summed E-state index contributed by atoms with van der Waals surface area (Å²) in [6.45, 7) is 3.89. The van der Waals surface area contributed by atoms with Crippen molar-refractivity contribution in [1.29, 1.82) is 0 Å². The average molecular weight is 401 g/mol. The predicted octanol–water partition coefficient (Wildman–Crippen LogP) is 1.14. The highest BCUT2D eigenvalue weighted by Crippen LogP contribution is 2.23. The van der Waals surface area contributed by atoms with E-state index < -0.39 is 25.5 Å². The first kappa shape index (κ1) is 20.7. The molecule has 0 saturated carbocycles. The van der Waals surface area contributed by atoms with Crippen molar-refractivity contribution in [2.75, 3.05) is 6.54 Å². The largest absolute Gasteiger partial charge is 0.635 e. The lowest BCUT2D eigenvalue weighted by Gasteiger charge is -2.26. The second-order valence-electron chi connectivity index (χ2n) is 5.79. The molecule has 140 valence electrons. The molecule has 1 fully saturated rings. The lowest BCUT2D eigenvalue weighted by atomic mass is 10.1. The molecule has 26 heavy (non-hydrogen) atoms. The van der Waals surface area contributed by atoms with Crippen molar-refractivity contribution < 1.29 is 24.3 Å². The maximum absolute atomic E-state index is 12.6. The highest BCUT2D eigenvalue weighted by molar-refractivity contribution is 6.35. The Hall–Kier alpha value is -1.58. The van der Waals surface area contributed by atoms with Crippen molar-refractivity contribution in [2.24, 2.45) is 0 Å². The lowest BCUT2D eigenvalue weighted by Crippen LogP contribution is -2.51. The van der Waals surface area contributed by atoms with Crippen molar-refractivity contribution >= 4 is 42.3 Å². The van der Waals surface area contributed by atoms with Gasteiger partial charge in [-0.15, -0.1) is 0 Å². The van der Waals surface area contributed by atoms with E-state index in [0.29, 0.717) is 35.0 Å². The van der Waals surface area contributed by atoms with Crippen LogP contribution in [0.3, 0.4) is 0 Å². The van der Waals surface area contributed by atoms with Crippen LogP contribution in [0.4, 0.5) is 0 Å². The molecule has 1 aliphatic rings. The van der Waals surface area contributed by atoms with Crippen LogP contribution in [-0.2, 0) is 20.7 Å². The fraction of sp³-hybridized carbons (Fsp3) is 0.375. The minimum atomic E-state index is -2.08. The van der Waals surface area contributed by atoms with Gasteiger partial charge in [-0.2, -0.15) is 0 Å². The second kappa shape index (κ2) is 9.39. The molecular formula is C16H19BCl2N2O5. The third-order valence-electron chi connectivity index (χ3n) is 4.02. The van der Waals surface area contributed by atoms with Crippen molar-refractivity contribution in [1.82, 2.24) is 10.2 Å². The predicted molar refractivity (Wildman–Crippen MR) is 98.3 cm³/mol. The Morgan fingerprint density at radius 2 is 2.19 bits per heavy atom. The summed E-state index contributed by atoms with van der Waals surface area (Å²) in [5.41, 5.74) is 0.604. The highest BCUT2D eigenvalue weighted by Gasteiger charge is 2.34. The zero-order valence-electron chi connectivity index (χ0n) is 13.9. The first-order valence-corrected chi connectivity index (χ1v) is 8.76. The molecule has 1 aromatic carbocycles. The SMILES string of the molecule is C=CC(=O)N1CCC[C@@H]1C(=O)N[C@@H](Cc1ccc(Cl)cc1Cl)OB(O)O. The summed E-state index contributed by atoms with van der Waals surface area (Å²) in [6.07, 6.45) is 1.38. The van der Waals surface area contributed by atoms with Crippen LogP contribution in [0.1, 0.15) is 18.4 Å². The smallest absolute Gasteiger partial charge is 0.402 e. The number of rotatable bonds is 7. The Morgan fingerprint density at radius 1 is 1.46 bits per heavy atom. The summed E-state index contributed by atoms with van der Waals surface area (Å²) < 4.78 is 4.96. The fourth-order valence-corrected chi connectivity index (χ4v) is 3.33. The number of nitrogens with zero attached hydrogens (tertiary/aromatic N) is 1. The van der Waals surface area contributed by atoms with E-state index in [1.54, 1.807) is 12.1 Å². The number of nitrogens with one attached hydrogen (secondary N) is 1. The number of halogens is 2. The van der Waals surface area contributed by atoms with Crippen molar-refractivity contribution in [3.05, 3.63) is 46.5 Å². The Kier molecular flexibility index (Phi) is 7.49. The molecule has 10 heteroatoms. The Morgan fingerprint density at radius 3 is 2.81 bits per heavy atom. The van der Waals surface area contributed by atoms with Crippen LogP contribution in [-0.4, -0.2) is 52.9 Å². The van der Waals surface area contributed by atoms with Gasteiger partial charge in [0, 0.05) is 23.0 Å². The minimum absolute atomic E-state index is 0.0848. The van der Waals surface area contributed by atoms with Crippen LogP contribution in [0.15, 0.2) is 30.9 Å². The van der Waals surface area contributed by atoms with Crippen LogP contribution in [0, 0.1) is 0 Å². The molecule has 1 saturated heterocycles. The van der Waals surface area contributed by atoms with E-state index >= 15 is 0 Å². The molecule has 1 aliphatic heterocycles. The number of carbonyl (C=O) groups is 2. The summed E-state index contributed by atoms with van der Waals surface area (Å²) in [4.78, 5) is 25.8. The molecule has 1 heterocycles. The lowest BCUT2D eigenvalue weighted by molar-refractivity contribution is -0.136. The van der Waals surface area contributed by atoms with Crippen LogP contribution < -0.4 is 5.32 Å². The van der Waals surface area contributed by atoms with Gasteiger partial charge in [0.15, 0.2) is 0 Å². The van der Waals surface area contributed by atoms with Crippen LogP contribution in [0.2, 0.25) is 10.0 Å². The molecule has 0 unspecified atom stereocenters. The van der Waals surface area contributed by atoms with E-state index in [1.165, 1.54) is 11.0 Å². The molecule has 0 bridgehead atoms. The first-order chi connectivity index (χ1) is 12.3. The molecule has 0 aromatic heterocycles. The van der Waals surface area contributed by atoms with Gasteiger partial charge in [-0.05, 0) is 36.6 Å². The average Bonchev–Trinajstić information content (AvgIpc) is 3.05. The number of amides is 2. The van der Waals surface area contributed by atoms with Crippen molar-refractivity contribution in [2.45, 2.75) is 31.5 Å². The molecular weight excluding hydrogens is 382 g/mol. The fourth-order valence-electron chi connectivity index (χ4n) is 2.84. The van der Waals surface area contributed by atoms with Gasteiger partial charge in [0.25, 0.3) is 0 Å². The normalized spacial score (nSPS) is 17.7. The molecule has 2 amide bonds. The zero-order valence-corrected chi connectivity index (χ0v) is 15.4. The van der Waals surface area contributed by atoms with Crippen LogP contribution in [0.25, 0.3) is 0 Å². The molecule has 2 atom stereocenters. The Bertz CT molecular complexity index is 689. The van der Waals surface area contributed by atoms with E-state index in [9.17, 15) is 9.59 Å². The molecule has 7 nitrogen and oxygen atoms in total. The van der Waals surface area contributed by atoms with Gasteiger partial charge in [0.05, 0.1) is 0 Å². The third-order valence-corrected chi connectivity index (χ3v) is 4.61. The van der Waals surface area contributed by atoms with E-state index in [-0.39, 0.29) is 12.3 Å². The van der Waals surface area contributed by atoms with Gasteiger partial charge < -0.3 is 24.9 Å². The number of likely N-dealkylation sites (tertiary alicyclic amines) is 1. The molecule has 3 N–H and O–H groups in total. The maximum Gasteiger partial charge on any atom is 0.635 e. The zero-order chi connectivity index (χ0) is 19.3. The quantitative estimate of drug-likeness (QED) is 0.362. The van der Waals surface area contributed by atoms with Gasteiger partial charge >= 0.3 is 7.32 Å². The van der Waals surface area contributed by atoms with Crippen molar-refractivity contribution in [3.63, 3.8) is 0 Å². The summed E-state index contributed by atoms with van der Waals surface area (Å²) in [7, 11) is -2.08. The van der Waals surface area contributed by atoms with E-state index in [2.05, 4.69) is 11.9 Å². The number of benzene rings is 1. The standard InChI is InChI=1S/C16H19BCl2N2O5/c1-2-15(22)21-7-3-4-13(21)16(23)20-14(26-17(24)25)8-10-5-6-11(18)9-12(10)19/h2,5-6,9,13-14,24-25H,1,3-4,7-8H2,(H,20,23)/t13-,14-/m1/s1. The number of hydrogen-bond donors (Lipinski definition) is 3. The topological polar surface area (TPSA) is 99.1 Å². The number of hydrogen-bond acceptors (Lipinski definition) is 5. The van der Waals surface area contributed by atoms with Gasteiger partial charge in [-0.25, -0.2) is 0 Å². The van der Waals surface area contributed by atoms with Gasteiger partial charge in [-0.3, -0.25) is 9.59 Å². The minimum Gasteiger partial charge on any atom is -0.402 e. The summed E-state index contributed by atoms with van der Waals surface area (Å²) in [6, 6.07) is 4.15. The van der Waals surface area contributed by atoms with Gasteiger partial charge in [0.2, 0.25) is 11.8 Å². The van der Waals surface area contributed by atoms with E-state index in [1.807, 2.05) is 0 Å². The monoisotopic (exact) mass is 400 g/mol. The summed E-state index contributed by atoms with van der Waals surface area (Å²) >= 11 is 12.0. The first-order valence-electron chi connectivity index (χ1n) is 8.00. The van der Waals surface area contributed by atoms with Gasteiger partial charge in [0.1, 0.15) is 12.3 Å². The molecule has 0 radical (unpaired) electrons. The van der Waals surface area contributed by atoms with Crippen LogP contribution in [0.5, 0.6) is 0 Å². The molecule has 0 aliphatic carbocycles. The molecule has 2 rings (SSSR count). The van der Waals surface area contributed by atoms with E-state index in [4.69, 9.17) is 37.9 Å². The Labute approximate surface area is 161 Å². The number of carbonyl (C=O) groups excluding carboxylic acids is 2. The summed E-state index contributed by atoms with van der Waals surface area (Å²) in [5, 5.41) is 21.6. The van der Waals surface area contributed by atoms with Crippen molar-refractivity contribution in [3.8, 4) is 0 Å². The third kappa shape index (κ3) is 5.46. The maximum atomic E-state index is 12.6. The van der Waals surface area contributed by atoms with Gasteiger partial charge in [-0.1, -0.05) is 35.8 Å². The van der Waals surface area contributed by atoms with Crippen LogP contribution >= 0.6 is 23.2 Å².